The van der Waals surface area contributed by atoms with E-state index in [0.29, 0.717) is 17.3 Å². The van der Waals surface area contributed by atoms with Crippen LogP contribution in [-0.2, 0) is 0 Å². The highest BCUT2D eigenvalue weighted by molar-refractivity contribution is 7.08. The number of halogens is 3. The Morgan fingerprint density at radius 1 is 1.27 bits per heavy atom. The lowest BCUT2D eigenvalue weighted by Gasteiger charge is -2.13. The molecule has 0 aliphatic carbocycles. The summed E-state index contributed by atoms with van der Waals surface area (Å²) in [4.78, 5) is 16.5. The van der Waals surface area contributed by atoms with Gasteiger partial charge in [0.25, 0.3) is 5.91 Å². The van der Waals surface area contributed by atoms with Crippen molar-refractivity contribution in [2.24, 2.45) is 0 Å². The number of ether oxygens (including phenoxy) is 1. The summed E-state index contributed by atoms with van der Waals surface area (Å²) in [6, 6.07) is 3.88. The molecule has 4 rings (SSSR count). The van der Waals surface area contributed by atoms with Gasteiger partial charge in [0.05, 0.1) is 17.4 Å². The van der Waals surface area contributed by atoms with E-state index in [0.717, 1.165) is 48.8 Å². The topological polar surface area (TPSA) is 102 Å². The van der Waals surface area contributed by atoms with Gasteiger partial charge in [0.1, 0.15) is 29.1 Å². The smallest absolute Gasteiger partial charge is 0.276 e. The van der Waals surface area contributed by atoms with Gasteiger partial charge in [0, 0.05) is 24.1 Å². The van der Waals surface area contributed by atoms with Gasteiger partial charge in [-0.15, -0.1) is 0 Å². The minimum absolute atomic E-state index is 0.0502. The molecule has 1 fully saturated rings. The maximum atomic E-state index is 14.4. The predicted molar refractivity (Wildman–Crippen MR) is 106 cm³/mol. The predicted octanol–water partition coefficient (Wildman–Crippen LogP) is 3.20. The summed E-state index contributed by atoms with van der Waals surface area (Å²) < 4.78 is 52.4. The molecule has 1 amide bonds. The maximum Gasteiger partial charge on any atom is 0.276 e. The third kappa shape index (κ3) is 3.94. The number of anilines is 2. The third-order valence-corrected chi connectivity index (χ3v) is 5.19. The minimum atomic E-state index is -1.05. The average molecular weight is 435 g/mol. The number of nitrogens with one attached hydrogen (secondary N) is 2. The van der Waals surface area contributed by atoms with Crippen molar-refractivity contribution in [3.05, 3.63) is 53.6 Å². The zero-order valence-electron chi connectivity index (χ0n) is 15.4. The highest BCUT2D eigenvalue weighted by atomic mass is 32.1. The highest BCUT2D eigenvalue weighted by Crippen LogP contribution is 2.32. The van der Waals surface area contributed by atoms with Crippen molar-refractivity contribution < 1.29 is 22.7 Å². The van der Waals surface area contributed by atoms with Gasteiger partial charge < -0.3 is 21.1 Å². The van der Waals surface area contributed by atoms with Crippen LogP contribution in [-0.4, -0.2) is 34.5 Å². The first-order chi connectivity index (χ1) is 14.4. The van der Waals surface area contributed by atoms with Gasteiger partial charge in [-0.05, 0) is 25.1 Å². The van der Waals surface area contributed by atoms with E-state index in [1.165, 1.54) is 6.20 Å². The van der Waals surface area contributed by atoms with Gasteiger partial charge in [-0.2, -0.15) is 4.37 Å². The Morgan fingerprint density at radius 2 is 2.03 bits per heavy atom. The summed E-state index contributed by atoms with van der Waals surface area (Å²) in [5.74, 6) is -3.87. The summed E-state index contributed by atoms with van der Waals surface area (Å²) in [7, 11) is 0. The number of aromatic nitrogens is 2. The second kappa shape index (κ2) is 8.28. The summed E-state index contributed by atoms with van der Waals surface area (Å²) in [6.45, 7) is 1.51. The maximum absolute atomic E-state index is 14.4. The Morgan fingerprint density at radius 3 is 2.73 bits per heavy atom. The fourth-order valence-corrected chi connectivity index (χ4v) is 3.68. The number of benzene rings is 1. The molecule has 2 aromatic heterocycles. The van der Waals surface area contributed by atoms with Gasteiger partial charge in [-0.25, -0.2) is 18.2 Å². The second-order valence-corrected chi connectivity index (χ2v) is 7.33. The number of amides is 1. The number of pyridine rings is 1. The summed E-state index contributed by atoms with van der Waals surface area (Å²) >= 11 is 1.06. The number of nitrogen functional groups attached to an aromatic ring is 1. The number of nitrogens with zero attached hydrogens (tertiary/aromatic N) is 2. The lowest BCUT2D eigenvalue weighted by molar-refractivity contribution is 0.102. The monoisotopic (exact) mass is 435 g/mol. The molecule has 4 N–H and O–H groups in total. The third-order valence-electron chi connectivity index (χ3n) is 4.49. The first kappa shape index (κ1) is 20.1. The number of nitrogens with two attached hydrogens (primary N) is 1. The van der Waals surface area contributed by atoms with Crippen LogP contribution < -0.4 is 21.1 Å². The highest BCUT2D eigenvalue weighted by Gasteiger charge is 2.24. The quantitative estimate of drug-likeness (QED) is 0.569. The molecule has 0 radical (unpaired) electrons. The first-order valence-corrected chi connectivity index (χ1v) is 9.75. The van der Waals surface area contributed by atoms with E-state index in [1.54, 1.807) is 0 Å². The zero-order valence-corrected chi connectivity index (χ0v) is 16.2. The molecule has 1 aromatic carbocycles. The molecule has 0 spiro atoms. The van der Waals surface area contributed by atoms with Crippen molar-refractivity contribution >= 4 is 28.8 Å². The normalized spacial score (nSPS) is 15.9. The fraction of sp³-hybridized carbons (Fsp3) is 0.211. The van der Waals surface area contributed by atoms with E-state index in [1.807, 2.05) is 0 Å². The molecular weight excluding hydrogens is 419 g/mol. The van der Waals surface area contributed by atoms with Crippen LogP contribution in [0.1, 0.15) is 16.9 Å². The van der Waals surface area contributed by atoms with Crippen LogP contribution in [0.15, 0.2) is 30.5 Å². The molecule has 156 valence electrons. The van der Waals surface area contributed by atoms with E-state index in [2.05, 4.69) is 20.0 Å². The Hall–Kier alpha value is -3.18. The minimum Gasteiger partial charge on any atom is -0.477 e. The Kier molecular flexibility index (Phi) is 5.55. The van der Waals surface area contributed by atoms with Crippen molar-refractivity contribution in [1.82, 2.24) is 14.7 Å². The summed E-state index contributed by atoms with van der Waals surface area (Å²) in [5, 5.41) is 6.12. The van der Waals surface area contributed by atoms with Crippen molar-refractivity contribution in [2.75, 3.05) is 24.1 Å². The SMILES string of the molecule is Nc1cc(F)c(-c2c(F)cccc2F)nc1C(=O)Nc1cnsc1OC1CCNC1. The molecule has 1 unspecified atom stereocenters. The lowest BCUT2D eigenvalue weighted by Crippen LogP contribution is -2.21. The lowest BCUT2D eigenvalue weighted by atomic mass is 10.1. The molecule has 1 atom stereocenters. The van der Waals surface area contributed by atoms with Gasteiger partial charge in [-0.3, -0.25) is 4.79 Å². The Labute approximate surface area is 173 Å². The van der Waals surface area contributed by atoms with Gasteiger partial charge in [-0.1, -0.05) is 6.07 Å². The zero-order chi connectivity index (χ0) is 21.3. The molecule has 11 heteroatoms. The number of carbonyl (C=O) groups excluding carboxylic acids is 1. The van der Waals surface area contributed by atoms with Crippen LogP contribution in [0.2, 0.25) is 0 Å². The van der Waals surface area contributed by atoms with Crippen LogP contribution in [0.25, 0.3) is 11.3 Å². The van der Waals surface area contributed by atoms with E-state index in [4.69, 9.17) is 10.5 Å². The van der Waals surface area contributed by atoms with Crippen molar-refractivity contribution in [2.45, 2.75) is 12.5 Å². The van der Waals surface area contributed by atoms with Crippen LogP contribution in [0.5, 0.6) is 5.06 Å². The first-order valence-electron chi connectivity index (χ1n) is 8.98. The van der Waals surface area contributed by atoms with Gasteiger partial charge in [0.15, 0.2) is 11.5 Å². The molecule has 0 bridgehead atoms. The number of rotatable bonds is 5. The van der Waals surface area contributed by atoms with E-state index in [9.17, 15) is 18.0 Å². The molecule has 30 heavy (non-hydrogen) atoms. The van der Waals surface area contributed by atoms with E-state index < -0.39 is 34.6 Å². The Balaban J connectivity index is 1.63. The molecule has 7 nitrogen and oxygen atoms in total. The average Bonchev–Trinajstić information content (AvgIpc) is 3.36. The van der Waals surface area contributed by atoms with Crippen LogP contribution >= 0.6 is 11.5 Å². The second-order valence-electron chi connectivity index (χ2n) is 6.57. The van der Waals surface area contributed by atoms with Gasteiger partial charge >= 0.3 is 0 Å². The van der Waals surface area contributed by atoms with Crippen LogP contribution in [0.4, 0.5) is 24.5 Å². The van der Waals surface area contributed by atoms with Gasteiger partial charge in [0.2, 0.25) is 5.06 Å². The molecule has 3 aromatic rings. The molecule has 1 saturated heterocycles. The number of carbonyl (C=O) groups is 1. The number of hydrogen-bond donors (Lipinski definition) is 3. The molecule has 1 aliphatic heterocycles. The Bertz CT molecular complexity index is 1080. The number of hydrogen-bond acceptors (Lipinski definition) is 7. The molecule has 1 aliphatic rings. The summed E-state index contributed by atoms with van der Waals surface area (Å²) in [6.07, 6.45) is 2.16. The van der Waals surface area contributed by atoms with Crippen LogP contribution in [0, 0.1) is 17.5 Å². The standard InChI is InChI=1S/C19H16F3N5O2S/c20-10-2-1-3-11(21)15(10)16-12(22)6-13(23)17(27-16)18(28)26-14-8-25-30-19(14)29-9-4-5-24-7-9/h1-3,6,8-9,24H,4-5,7,23H2,(H,26,28). The van der Waals surface area contributed by atoms with Crippen molar-refractivity contribution in [3.8, 4) is 16.3 Å². The van der Waals surface area contributed by atoms with Crippen LogP contribution in [0.3, 0.4) is 0 Å². The largest absolute Gasteiger partial charge is 0.477 e. The summed E-state index contributed by atoms with van der Waals surface area (Å²) in [5.41, 5.74) is 4.04. The van der Waals surface area contributed by atoms with E-state index >= 15 is 0 Å². The molecular formula is C19H16F3N5O2S. The molecule has 3 heterocycles. The molecule has 0 saturated carbocycles. The van der Waals surface area contributed by atoms with E-state index in [-0.39, 0.29) is 17.5 Å². The van der Waals surface area contributed by atoms with Crippen molar-refractivity contribution in [1.29, 1.82) is 0 Å². The van der Waals surface area contributed by atoms with Crippen molar-refractivity contribution in [3.63, 3.8) is 0 Å². The fourth-order valence-electron chi connectivity index (χ4n) is 3.04.